The van der Waals surface area contributed by atoms with Crippen molar-refractivity contribution in [2.45, 2.75) is 31.5 Å². The van der Waals surface area contributed by atoms with Crippen molar-refractivity contribution in [2.75, 3.05) is 13.2 Å². The van der Waals surface area contributed by atoms with E-state index in [4.69, 9.17) is 4.74 Å². The molecule has 0 saturated carbocycles. The quantitative estimate of drug-likeness (QED) is 0.751. The first-order valence-electron chi connectivity index (χ1n) is 5.28. The molecule has 0 aliphatic carbocycles. The van der Waals surface area contributed by atoms with Crippen LogP contribution in [0.1, 0.15) is 24.7 Å². The Labute approximate surface area is 83.3 Å². The molecule has 4 heteroatoms. The van der Waals surface area contributed by atoms with Crippen molar-refractivity contribution < 1.29 is 4.74 Å². The summed E-state index contributed by atoms with van der Waals surface area (Å²) >= 11 is 0. The lowest BCUT2D eigenvalue weighted by Gasteiger charge is -2.15. The topological polar surface area (TPSA) is 39.1 Å². The van der Waals surface area contributed by atoms with Crippen molar-refractivity contribution in [1.29, 1.82) is 0 Å². The van der Waals surface area contributed by atoms with E-state index in [0.717, 1.165) is 26.2 Å². The SMILES string of the molecule is c1cn2c(n1)C(NC1CCOC1)CC2. The van der Waals surface area contributed by atoms with Crippen molar-refractivity contribution in [3.63, 3.8) is 0 Å². The van der Waals surface area contributed by atoms with Gasteiger partial charge in [0.05, 0.1) is 12.6 Å². The summed E-state index contributed by atoms with van der Waals surface area (Å²) < 4.78 is 7.58. The van der Waals surface area contributed by atoms with Gasteiger partial charge in [0.15, 0.2) is 0 Å². The third-order valence-corrected chi connectivity index (χ3v) is 3.08. The van der Waals surface area contributed by atoms with Crippen LogP contribution in [0.2, 0.25) is 0 Å². The van der Waals surface area contributed by atoms with Crippen LogP contribution in [0, 0.1) is 0 Å². The monoisotopic (exact) mass is 193 g/mol. The van der Waals surface area contributed by atoms with Gasteiger partial charge < -0.3 is 14.6 Å². The maximum atomic E-state index is 5.35. The number of nitrogens with zero attached hydrogens (tertiary/aromatic N) is 2. The molecule has 1 saturated heterocycles. The number of ether oxygens (including phenoxy) is 1. The number of fused-ring (bicyclic) bond motifs is 1. The molecule has 3 rings (SSSR count). The minimum atomic E-state index is 0.441. The van der Waals surface area contributed by atoms with Crippen LogP contribution < -0.4 is 5.32 Å². The van der Waals surface area contributed by atoms with E-state index in [-0.39, 0.29) is 0 Å². The Morgan fingerprint density at radius 1 is 1.50 bits per heavy atom. The lowest BCUT2D eigenvalue weighted by Crippen LogP contribution is -2.32. The number of hydrogen-bond donors (Lipinski definition) is 1. The summed E-state index contributed by atoms with van der Waals surface area (Å²) in [6.45, 7) is 2.86. The lowest BCUT2D eigenvalue weighted by molar-refractivity contribution is 0.187. The van der Waals surface area contributed by atoms with Crippen LogP contribution in [0.3, 0.4) is 0 Å². The summed E-state index contributed by atoms with van der Waals surface area (Å²) in [4.78, 5) is 4.38. The first-order valence-corrected chi connectivity index (χ1v) is 5.28. The van der Waals surface area contributed by atoms with E-state index in [1.165, 1.54) is 12.2 Å². The van der Waals surface area contributed by atoms with Crippen LogP contribution in [0.25, 0.3) is 0 Å². The summed E-state index contributed by atoms with van der Waals surface area (Å²) in [5.74, 6) is 1.19. The van der Waals surface area contributed by atoms with Crippen molar-refractivity contribution in [3.8, 4) is 0 Å². The van der Waals surface area contributed by atoms with Gasteiger partial charge in [-0.05, 0) is 12.8 Å². The average Bonchev–Trinajstić information content (AvgIpc) is 2.85. The van der Waals surface area contributed by atoms with Crippen molar-refractivity contribution in [3.05, 3.63) is 18.2 Å². The molecule has 0 radical (unpaired) electrons. The van der Waals surface area contributed by atoms with Crippen LogP contribution in [0.5, 0.6) is 0 Å². The molecule has 2 atom stereocenters. The van der Waals surface area contributed by atoms with Gasteiger partial charge in [0.25, 0.3) is 0 Å². The smallest absolute Gasteiger partial charge is 0.125 e. The van der Waals surface area contributed by atoms with Crippen LogP contribution in [-0.2, 0) is 11.3 Å². The Morgan fingerprint density at radius 2 is 2.50 bits per heavy atom. The van der Waals surface area contributed by atoms with Crippen molar-refractivity contribution in [1.82, 2.24) is 14.9 Å². The number of rotatable bonds is 2. The summed E-state index contributed by atoms with van der Waals surface area (Å²) in [6, 6.07) is 0.972. The number of imidazole rings is 1. The third-order valence-electron chi connectivity index (χ3n) is 3.08. The van der Waals surface area contributed by atoms with Gasteiger partial charge in [-0.3, -0.25) is 0 Å². The summed E-state index contributed by atoms with van der Waals surface area (Å²) in [7, 11) is 0. The van der Waals surface area contributed by atoms with E-state index in [9.17, 15) is 0 Å². The third kappa shape index (κ3) is 1.35. The van der Waals surface area contributed by atoms with Crippen LogP contribution in [-0.4, -0.2) is 28.8 Å². The lowest BCUT2D eigenvalue weighted by atomic mass is 10.2. The largest absolute Gasteiger partial charge is 0.380 e. The predicted molar refractivity (Wildman–Crippen MR) is 51.9 cm³/mol. The molecule has 14 heavy (non-hydrogen) atoms. The molecular weight excluding hydrogens is 178 g/mol. The maximum absolute atomic E-state index is 5.35. The minimum absolute atomic E-state index is 0.441. The molecule has 2 aliphatic rings. The molecule has 4 nitrogen and oxygen atoms in total. The Hall–Kier alpha value is -0.870. The Bertz CT molecular complexity index is 317. The van der Waals surface area contributed by atoms with Gasteiger partial charge in [0, 0.05) is 31.6 Å². The van der Waals surface area contributed by atoms with Gasteiger partial charge in [-0.25, -0.2) is 4.98 Å². The van der Waals surface area contributed by atoms with Crippen molar-refractivity contribution in [2.24, 2.45) is 0 Å². The molecular formula is C10H15N3O. The van der Waals surface area contributed by atoms with Gasteiger partial charge in [-0.15, -0.1) is 0 Å². The molecule has 2 unspecified atom stereocenters. The fraction of sp³-hybridized carbons (Fsp3) is 0.700. The average molecular weight is 193 g/mol. The molecule has 1 N–H and O–H groups in total. The summed E-state index contributed by atoms with van der Waals surface area (Å²) in [5.41, 5.74) is 0. The molecule has 1 aromatic heterocycles. The molecule has 0 amide bonds. The van der Waals surface area contributed by atoms with Crippen LogP contribution in [0.15, 0.2) is 12.4 Å². The number of aromatic nitrogens is 2. The molecule has 0 spiro atoms. The second kappa shape index (κ2) is 3.37. The van der Waals surface area contributed by atoms with E-state index in [1.54, 1.807) is 0 Å². The van der Waals surface area contributed by atoms with Gasteiger partial charge >= 0.3 is 0 Å². The molecule has 2 aliphatic heterocycles. The standard InChI is InChI=1S/C10H15N3O/c1-4-13-5-3-11-10(13)9(1)12-8-2-6-14-7-8/h3,5,8-9,12H,1-2,4,6-7H2. The zero-order valence-electron chi connectivity index (χ0n) is 8.15. The van der Waals surface area contributed by atoms with E-state index in [0.29, 0.717) is 12.1 Å². The van der Waals surface area contributed by atoms with Crippen LogP contribution >= 0.6 is 0 Å². The van der Waals surface area contributed by atoms with Gasteiger partial charge in [0.1, 0.15) is 5.82 Å². The Balaban J connectivity index is 1.69. The summed E-state index contributed by atoms with van der Waals surface area (Å²) in [6.07, 6.45) is 6.24. The maximum Gasteiger partial charge on any atom is 0.125 e. The second-order valence-corrected chi connectivity index (χ2v) is 4.05. The first kappa shape index (κ1) is 8.44. The van der Waals surface area contributed by atoms with E-state index in [1.807, 2.05) is 6.20 Å². The van der Waals surface area contributed by atoms with E-state index in [2.05, 4.69) is 21.1 Å². The summed E-state index contributed by atoms with van der Waals surface area (Å²) in [5, 5.41) is 3.61. The first-order chi connectivity index (χ1) is 6.93. The number of hydrogen-bond acceptors (Lipinski definition) is 3. The number of aryl methyl sites for hydroxylation is 1. The highest BCUT2D eigenvalue weighted by Crippen LogP contribution is 2.24. The Morgan fingerprint density at radius 3 is 3.36 bits per heavy atom. The Kier molecular flexibility index (Phi) is 2.03. The van der Waals surface area contributed by atoms with Gasteiger partial charge in [-0.2, -0.15) is 0 Å². The fourth-order valence-electron chi connectivity index (χ4n) is 2.33. The predicted octanol–water partition coefficient (Wildman–Crippen LogP) is 0.706. The minimum Gasteiger partial charge on any atom is -0.380 e. The molecule has 0 aromatic carbocycles. The molecule has 3 heterocycles. The molecule has 76 valence electrons. The molecule has 0 bridgehead atoms. The molecule has 1 aromatic rings. The highest BCUT2D eigenvalue weighted by atomic mass is 16.5. The van der Waals surface area contributed by atoms with Crippen molar-refractivity contribution >= 4 is 0 Å². The fourth-order valence-corrected chi connectivity index (χ4v) is 2.33. The van der Waals surface area contributed by atoms with Gasteiger partial charge in [-0.1, -0.05) is 0 Å². The number of nitrogens with one attached hydrogen (secondary N) is 1. The zero-order chi connectivity index (χ0) is 9.38. The molecule has 1 fully saturated rings. The van der Waals surface area contributed by atoms with E-state index >= 15 is 0 Å². The normalized spacial score (nSPS) is 30.9. The zero-order valence-corrected chi connectivity index (χ0v) is 8.15. The van der Waals surface area contributed by atoms with E-state index < -0.39 is 0 Å². The van der Waals surface area contributed by atoms with Gasteiger partial charge in [0.2, 0.25) is 0 Å². The highest BCUT2D eigenvalue weighted by molar-refractivity contribution is 5.05. The second-order valence-electron chi connectivity index (χ2n) is 4.05. The van der Waals surface area contributed by atoms with Crippen LogP contribution in [0.4, 0.5) is 0 Å². The highest BCUT2D eigenvalue weighted by Gasteiger charge is 2.27.